The number of hydrogen-bond acceptors (Lipinski definition) is 4. The third-order valence-electron chi connectivity index (χ3n) is 3.59. The van der Waals surface area contributed by atoms with E-state index in [1.807, 2.05) is 25.7 Å². The molecular weight excluding hydrogens is 236 g/mol. The van der Waals surface area contributed by atoms with E-state index in [1.165, 1.54) is 0 Å². The van der Waals surface area contributed by atoms with Gasteiger partial charge in [-0.3, -0.25) is 14.5 Å². The Labute approximate surface area is 107 Å². The molecule has 1 amide bonds. The van der Waals surface area contributed by atoms with E-state index < -0.39 is 17.7 Å². The van der Waals surface area contributed by atoms with E-state index >= 15 is 0 Å². The van der Waals surface area contributed by atoms with E-state index in [4.69, 9.17) is 5.11 Å². The zero-order valence-electron chi connectivity index (χ0n) is 11.1. The fraction of sp³-hybridized carbons (Fsp3) is 0.833. The highest BCUT2D eigenvalue weighted by Crippen LogP contribution is 2.29. The van der Waals surface area contributed by atoms with Crippen LogP contribution in [0.15, 0.2) is 0 Å². The molecule has 1 aliphatic rings. The maximum absolute atomic E-state index is 11.6. The molecule has 1 aliphatic heterocycles. The topological polar surface area (TPSA) is 89.9 Å². The number of carboxylic acid groups (broad SMARTS) is 1. The van der Waals surface area contributed by atoms with Gasteiger partial charge < -0.3 is 15.5 Å². The Morgan fingerprint density at radius 3 is 2.61 bits per heavy atom. The van der Waals surface area contributed by atoms with Gasteiger partial charge in [0.15, 0.2) is 0 Å². The summed E-state index contributed by atoms with van der Waals surface area (Å²) in [6, 6.07) is 0. The predicted molar refractivity (Wildman–Crippen MR) is 65.8 cm³/mol. The summed E-state index contributed by atoms with van der Waals surface area (Å²) in [5.74, 6) is -0.924. The summed E-state index contributed by atoms with van der Waals surface area (Å²) in [5.41, 5.74) is -0.476. The minimum absolute atomic E-state index is 0.0759. The summed E-state index contributed by atoms with van der Waals surface area (Å²) in [6.07, 6.45) is -0.543. The zero-order chi connectivity index (χ0) is 13.9. The molecule has 0 aromatic carbocycles. The number of aliphatic hydroxyl groups excluding tert-OH is 1. The number of rotatable bonds is 6. The third-order valence-corrected chi connectivity index (χ3v) is 3.59. The molecule has 1 heterocycles. The van der Waals surface area contributed by atoms with E-state index in [0.29, 0.717) is 0 Å². The van der Waals surface area contributed by atoms with E-state index in [0.717, 1.165) is 6.42 Å². The second-order valence-electron chi connectivity index (χ2n) is 5.11. The summed E-state index contributed by atoms with van der Waals surface area (Å²) < 4.78 is 0. The summed E-state index contributed by atoms with van der Waals surface area (Å²) in [5, 5.41) is 21.3. The van der Waals surface area contributed by atoms with Gasteiger partial charge in [-0.25, -0.2) is 0 Å². The summed E-state index contributed by atoms with van der Waals surface area (Å²) in [4.78, 5) is 24.0. The van der Waals surface area contributed by atoms with Crippen LogP contribution in [0.5, 0.6) is 0 Å². The van der Waals surface area contributed by atoms with Crippen molar-refractivity contribution in [1.82, 2.24) is 10.2 Å². The molecule has 6 nitrogen and oxygen atoms in total. The van der Waals surface area contributed by atoms with Crippen LogP contribution in [0.3, 0.4) is 0 Å². The van der Waals surface area contributed by atoms with E-state index in [1.54, 1.807) is 0 Å². The molecule has 2 atom stereocenters. The summed E-state index contributed by atoms with van der Waals surface area (Å²) >= 11 is 0. The van der Waals surface area contributed by atoms with Crippen molar-refractivity contribution in [2.75, 3.05) is 13.1 Å². The normalized spacial score (nSPS) is 26.4. The van der Waals surface area contributed by atoms with Gasteiger partial charge in [-0.05, 0) is 12.3 Å². The fourth-order valence-corrected chi connectivity index (χ4v) is 2.65. The van der Waals surface area contributed by atoms with E-state index in [2.05, 4.69) is 5.32 Å². The lowest BCUT2D eigenvalue weighted by atomic mass is 9.92. The molecule has 2 unspecified atom stereocenters. The highest BCUT2D eigenvalue weighted by Gasteiger charge is 2.45. The van der Waals surface area contributed by atoms with Crippen molar-refractivity contribution >= 4 is 11.9 Å². The highest BCUT2D eigenvalue weighted by atomic mass is 16.4. The monoisotopic (exact) mass is 258 g/mol. The van der Waals surface area contributed by atoms with Crippen molar-refractivity contribution in [2.24, 2.45) is 5.92 Å². The number of amides is 1. The van der Waals surface area contributed by atoms with Crippen LogP contribution >= 0.6 is 0 Å². The first-order valence-electron chi connectivity index (χ1n) is 6.27. The number of carboxylic acids is 1. The molecule has 1 fully saturated rings. The lowest BCUT2D eigenvalue weighted by molar-refractivity contribution is -0.139. The number of hydrogen-bond donors (Lipinski definition) is 3. The smallest absolute Gasteiger partial charge is 0.306 e. The standard InChI is InChI=1S/C12H22N2O4/c1-4-12(8(2)3)13-10(16)7-14(12)6-9(15)5-11(17)18/h8-9,15H,4-7H2,1-3H3,(H,13,16)(H,17,18). The number of β-amino-alcohol motifs (C(OH)–C–C–N with tert-alkyl or cyclic N) is 1. The molecule has 0 aliphatic carbocycles. The van der Waals surface area contributed by atoms with Crippen LogP contribution in [0, 0.1) is 5.92 Å². The van der Waals surface area contributed by atoms with Gasteiger partial charge >= 0.3 is 5.97 Å². The Bertz CT molecular complexity index is 332. The fourth-order valence-electron chi connectivity index (χ4n) is 2.65. The van der Waals surface area contributed by atoms with Gasteiger partial charge in [-0.1, -0.05) is 20.8 Å². The number of aliphatic carboxylic acids is 1. The maximum Gasteiger partial charge on any atom is 0.306 e. The SMILES string of the molecule is CCC1(C(C)C)NC(=O)CN1CC(O)CC(=O)O. The van der Waals surface area contributed by atoms with Gasteiger partial charge in [0, 0.05) is 6.54 Å². The van der Waals surface area contributed by atoms with Crippen LogP contribution < -0.4 is 5.32 Å². The Morgan fingerprint density at radius 1 is 1.56 bits per heavy atom. The average molecular weight is 258 g/mol. The first kappa shape index (κ1) is 14.9. The first-order chi connectivity index (χ1) is 8.31. The van der Waals surface area contributed by atoms with Crippen molar-refractivity contribution in [3.05, 3.63) is 0 Å². The van der Waals surface area contributed by atoms with Crippen molar-refractivity contribution in [1.29, 1.82) is 0 Å². The molecule has 104 valence electrons. The van der Waals surface area contributed by atoms with Crippen molar-refractivity contribution in [3.8, 4) is 0 Å². The first-order valence-corrected chi connectivity index (χ1v) is 6.27. The molecule has 0 spiro atoms. The minimum atomic E-state index is -1.03. The number of nitrogens with zero attached hydrogens (tertiary/aromatic N) is 1. The second kappa shape index (κ2) is 5.67. The third kappa shape index (κ3) is 3.00. The Morgan fingerprint density at radius 2 is 2.17 bits per heavy atom. The van der Waals surface area contributed by atoms with Gasteiger partial charge in [-0.2, -0.15) is 0 Å². The van der Waals surface area contributed by atoms with Crippen LogP contribution in [0.25, 0.3) is 0 Å². The highest BCUT2D eigenvalue weighted by molar-refractivity contribution is 5.81. The lowest BCUT2D eigenvalue weighted by Crippen LogP contribution is -2.57. The molecule has 1 rings (SSSR count). The number of carbonyl (C=O) groups is 2. The molecule has 6 heteroatoms. The van der Waals surface area contributed by atoms with Crippen LogP contribution in [-0.2, 0) is 9.59 Å². The molecule has 0 bridgehead atoms. The second-order valence-corrected chi connectivity index (χ2v) is 5.11. The van der Waals surface area contributed by atoms with Gasteiger partial charge in [0.1, 0.15) is 0 Å². The lowest BCUT2D eigenvalue weighted by Gasteiger charge is -2.41. The number of nitrogens with one attached hydrogen (secondary N) is 1. The molecule has 0 saturated carbocycles. The molecule has 0 aromatic heterocycles. The Balaban J connectivity index is 2.78. The maximum atomic E-state index is 11.6. The predicted octanol–water partition coefficient (Wildman–Crippen LogP) is 0.0161. The molecule has 18 heavy (non-hydrogen) atoms. The van der Waals surface area contributed by atoms with Gasteiger partial charge in [0.2, 0.25) is 5.91 Å². The molecule has 0 radical (unpaired) electrons. The van der Waals surface area contributed by atoms with Crippen LogP contribution in [0.1, 0.15) is 33.6 Å². The largest absolute Gasteiger partial charge is 0.481 e. The van der Waals surface area contributed by atoms with Crippen LogP contribution in [-0.4, -0.2) is 51.8 Å². The molecule has 1 saturated heterocycles. The number of aliphatic hydroxyl groups is 1. The van der Waals surface area contributed by atoms with Crippen molar-refractivity contribution in [3.63, 3.8) is 0 Å². The zero-order valence-corrected chi connectivity index (χ0v) is 11.1. The summed E-state index contributed by atoms with van der Waals surface area (Å²) in [7, 11) is 0. The molecular formula is C12H22N2O4. The van der Waals surface area contributed by atoms with Crippen LogP contribution in [0.4, 0.5) is 0 Å². The van der Waals surface area contributed by atoms with E-state index in [9.17, 15) is 14.7 Å². The summed E-state index contributed by atoms with van der Waals surface area (Å²) in [6.45, 7) is 6.39. The van der Waals surface area contributed by atoms with Gasteiger partial charge in [0.05, 0.1) is 24.7 Å². The average Bonchev–Trinajstić information content (AvgIpc) is 2.54. The van der Waals surface area contributed by atoms with Crippen molar-refractivity contribution in [2.45, 2.75) is 45.4 Å². The number of carbonyl (C=O) groups excluding carboxylic acids is 1. The Hall–Kier alpha value is -1.14. The van der Waals surface area contributed by atoms with Gasteiger partial charge in [-0.15, -0.1) is 0 Å². The van der Waals surface area contributed by atoms with Crippen molar-refractivity contribution < 1.29 is 19.8 Å². The Kier molecular flexibility index (Phi) is 4.70. The molecule has 3 N–H and O–H groups in total. The van der Waals surface area contributed by atoms with Crippen LogP contribution in [0.2, 0.25) is 0 Å². The van der Waals surface area contributed by atoms with Gasteiger partial charge in [0.25, 0.3) is 0 Å². The van der Waals surface area contributed by atoms with E-state index in [-0.39, 0.29) is 31.3 Å². The minimum Gasteiger partial charge on any atom is -0.481 e. The molecule has 0 aromatic rings. The quantitative estimate of drug-likeness (QED) is 0.624.